The van der Waals surface area contributed by atoms with E-state index in [0.717, 1.165) is 12.3 Å². The summed E-state index contributed by atoms with van der Waals surface area (Å²) in [6.45, 7) is 1.36. The van der Waals surface area contributed by atoms with Crippen molar-refractivity contribution in [3.63, 3.8) is 0 Å². The molecule has 0 radical (unpaired) electrons. The maximum Gasteiger partial charge on any atom is 0.189 e. The highest BCUT2D eigenvalue weighted by atomic mass is 32.2. The molecule has 0 bridgehead atoms. The van der Waals surface area contributed by atoms with E-state index in [9.17, 15) is 17.9 Å². The van der Waals surface area contributed by atoms with Gasteiger partial charge in [0.25, 0.3) is 0 Å². The van der Waals surface area contributed by atoms with Crippen molar-refractivity contribution in [3.05, 3.63) is 66.1 Å². The van der Waals surface area contributed by atoms with Crippen LogP contribution in [0.4, 0.5) is 4.39 Å². The topological polar surface area (TPSA) is 134 Å². The molecule has 0 fully saturated rings. The average molecular weight is 517 g/mol. The minimum atomic E-state index is -4.02. The van der Waals surface area contributed by atoms with E-state index in [-0.39, 0.29) is 17.3 Å². The number of para-hydroxylation sites is 1. The van der Waals surface area contributed by atoms with Crippen LogP contribution < -0.4 is 9.47 Å². The number of benzene rings is 1. The zero-order valence-corrected chi connectivity index (χ0v) is 20.8. The summed E-state index contributed by atoms with van der Waals surface area (Å²) in [7, 11) is 0.683. The fourth-order valence-corrected chi connectivity index (χ4v) is 5.05. The Kier molecular flexibility index (Phi) is 7.04. The lowest BCUT2D eigenvalue weighted by atomic mass is 10.2. The monoisotopic (exact) mass is 516 g/mol. The molecule has 4 rings (SSSR count). The number of hydrogen-bond acceptors (Lipinski definition) is 9. The van der Waals surface area contributed by atoms with Gasteiger partial charge in [-0.3, -0.25) is 14.2 Å². The quantitative estimate of drug-likeness (QED) is 0.355. The van der Waals surface area contributed by atoms with E-state index in [2.05, 4.69) is 20.3 Å². The minimum Gasteiger partial charge on any atom is -0.494 e. The molecule has 3 heterocycles. The molecule has 2 atom stereocenters. The molecule has 0 spiro atoms. The maximum atomic E-state index is 13.4. The van der Waals surface area contributed by atoms with Crippen molar-refractivity contribution < 1.29 is 27.4 Å². The summed E-state index contributed by atoms with van der Waals surface area (Å²) in [6, 6.07) is 9.20. The Morgan fingerprint density at radius 3 is 2.33 bits per heavy atom. The molecule has 190 valence electrons. The van der Waals surface area contributed by atoms with Crippen LogP contribution in [0, 0.1) is 5.82 Å². The molecule has 1 aromatic carbocycles. The van der Waals surface area contributed by atoms with Gasteiger partial charge >= 0.3 is 0 Å². The first-order valence-corrected chi connectivity index (χ1v) is 12.5. The Balaban J connectivity index is 1.81. The van der Waals surface area contributed by atoms with E-state index in [1.54, 1.807) is 42.2 Å². The van der Waals surface area contributed by atoms with Gasteiger partial charge in [-0.2, -0.15) is 5.10 Å². The van der Waals surface area contributed by atoms with Crippen LogP contribution in [0.3, 0.4) is 0 Å². The second-order valence-electron chi connectivity index (χ2n) is 8.02. The predicted molar refractivity (Wildman–Crippen MR) is 128 cm³/mol. The zero-order valence-electron chi connectivity index (χ0n) is 20.0. The van der Waals surface area contributed by atoms with E-state index in [1.807, 2.05) is 0 Å². The van der Waals surface area contributed by atoms with Gasteiger partial charge in [-0.15, -0.1) is 10.2 Å². The fourth-order valence-electron chi connectivity index (χ4n) is 3.71. The van der Waals surface area contributed by atoms with Crippen LogP contribution in [-0.2, 0) is 22.6 Å². The van der Waals surface area contributed by atoms with Crippen molar-refractivity contribution in [3.8, 4) is 28.7 Å². The number of rotatable bonds is 9. The van der Waals surface area contributed by atoms with Crippen molar-refractivity contribution in [2.45, 2.75) is 24.0 Å². The number of hydrogen-bond donors (Lipinski definition) is 1. The number of aliphatic hydroxyl groups excluding tert-OH is 1. The third-order valence-electron chi connectivity index (χ3n) is 5.69. The molecule has 0 saturated carbocycles. The van der Waals surface area contributed by atoms with Crippen molar-refractivity contribution in [1.82, 2.24) is 29.5 Å². The summed E-state index contributed by atoms with van der Waals surface area (Å²) >= 11 is 0. The number of aromatic nitrogens is 6. The Hall–Kier alpha value is -3.84. The van der Waals surface area contributed by atoms with Gasteiger partial charge in [0.15, 0.2) is 21.5 Å². The molecule has 13 heteroatoms. The van der Waals surface area contributed by atoms with Gasteiger partial charge in [0.05, 0.1) is 31.4 Å². The lowest BCUT2D eigenvalue weighted by Gasteiger charge is -2.20. The Morgan fingerprint density at radius 2 is 1.78 bits per heavy atom. The number of methoxy groups -OCH3 is 2. The van der Waals surface area contributed by atoms with E-state index >= 15 is 0 Å². The molecule has 0 aliphatic rings. The number of nitrogens with zero attached hydrogens (tertiary/aromatic N) is 6. The Bertz CT molecular complexity index is 1450. The summed E-state index contributed by atoms with van der Waals surface area (Å²) in [5, 5.41) is 22.2. The summed E-state index contributed by atoms with van der Waals surface area (Å²) in [6.07, 6.45) is 1.16. The first kappa shape index (κ1) is 25.3. The molecule has 0 unspecified atom stereocenters. The van der Waals surface area contributed by atoms with Crippen LogP contribution in [0.25, 0.3) is 17.2 Å². The highest BCUT2D eigenvalue weighted by Gasteiger charge is 2.33. The van der Waals surface area contributed by atoms with E-state index in [0.29, 0.717) is 22.9 Å². The number of aryl methyl sites for hydroxylation is 1. The molecule has 0 aliphatic carbocycles. The highest BCUT2D eigenvalue weighted by Crippen LogP contribution is 2.36. The van der Waals surface area contributed by atoms with Gasteiger partial charge in [0.2, 0.25) is 0 Å². The zero-order chi connectivity index (χ0) is 26.0. The third-order valence-corrected chi connectivity index (χ3v) is 7.74. The van der Waals surface area contributed by atoms with Crippen LogP contribution in [0.15, 0.2) is 48.8 Å². The number of ether oxygens (including phenoxy) is 2. The van der Waals surface area contributed by atoms with Crippen LogP contribution >= 0.6 is 0 Å². The van der Waals surface area contributed by atoms with Crippen molar-refractivity contribution in [2.24, 2.45) is 7.05 Å². The second-order valence-corrected chi connectivity index (χ2v) is 10.4. The summed E-state index contributed by atoms with van der Waals surface area (Å²) in [4.78, 5) is 3.81. The Morgan fingerprint density at radius 1 is 1.08 bits per heavy atom. The normalized spacial score (nSPS) is 13.4. The third kappa shape index (κ3) is 4.79. The second kappa shape index (κ2) is 10.0. The number of aliphatic hydroxyl groups is 1. The van der Waals surface area contributed by atoms with Crippen LogP contribution in [0.1, 0.15) is 24.5 Å². The first-order valence-electron chi connectivity index (χ1n) is 10.8. The molecule has 0 aliphatic heterocycles. The fraction of sp³-hybridized carbons (Fsp3) is 0.304. The summed E-state index contributed by atoms with van der Waals surface area (Å²) in [5.74, 6) is -0.0425. The lowest BCUT2D eigenvalue weighted by molar-refractivity contribution is 0.171. The van der Waals surface area contributed by atoms with Crippen molar-refractivity contribution >= 4 is 9.84 Å². The molecule has 11 nitrogen and oxygen atoms in total. The molecule has 36 heavy (non-hydrogen) atoms. The SMILES string of the molecule is COc1cccc(OC)c1-n1c(CS(=O)(=O)[C@@H](C)[C@@H](O)c2ccc(F)cn2)nnc1-c1ccn(C)n1. The van der Waals surface area contributed by atoms with E-state index < -0.39 is 32.8 Å². The van der Waals surface area contributed by atoms with Crippen LogP contribution in [0.2, 0.25) is 0 Å². The molecular formula is C23H25FN6O5S. The molecular weight excluding hydrogens is 491 g/mol. The smallest absolute Gasteiger partial charge is 0.189 e. The molecule has 0 amide bonds. The van der Waals surface area contributed by atoms with E-state index in [4.69, 9.17) is 9.47 Å². The molecule has 3 aromatic heterocycles. The lowest BCUT2D eigenvalue weighted by Crippen LogP contribution is -2.28. The van der Waals surface area contributed by atoms with Gasteiger partial charge in [-0.25, -0.2) is 12.8 Å². The van der Waals surface area contributed by atoms with Gasteiger partial charge in [-0.05, 0) is 37.3 Å². The highest BCUT2D eigenvalue weighted by molar-refractivity contribution is 7.91. The molecule has 4 aromatic rings. The molecule has 1 N–H and O–H groups in total. The standard InChI is InChI=1S/C23H25FN6O5S/c1-14(22(31)16-9-8-15(24)12-25-16)36(32,33)13-20-26-27-23(17-10-11-29(2)28-17)30(20)21-18(34-3)6-5-7-19(21)35-4/h5-12,14,22,31H,13H2,1-4H3/t14-,22+/m0/s1. The largest absolute Gasteiger partial charge is 0.494 e. The minimum absolute atomic E-state index is 0.0366. The van der Waals surface area contributed by atoms with Gasteiger partial charge in [0, 0.05) is 13.2 Å². The summed E-state index contributed by atoms with van der Waals surface area (Å²) in [5.41, 5.74) is 0.881. The summed E-state index contributed by atoms with van der Waals surface area (Å²) < 4.78 is 54.2. The van der Waals surface area contributed by atoms with Gasteiger partial charge in [0.1, 0.15) is 40.6 Å². The predicted octanol–water partition coefficient (Wildman–Crippen LogP) is 2.26. The first-order chi connectivity index (χ1) is 17.2. The van der Waals surface area contributed by atoms with Crippen LogP contribution in [-0.4, -0.2) is 62.5 Å². The number of sulfone groups is 1. The van der Waals surface area contributed by atoms with E-state index in [1.165, 1.54) is 31.8 Å². The van der Waals surface area contributed by atoms with Crippen molar-refractivity contribution in [2.75, 3.05) is 14.2 Å². The van der Waals surface area contributed by atoms with Gasteiger partial charge < -0.3 is 14.6 Å². The molecule has 0 saturated heterocycles. The van der Waals surface area contributed by atoms with Gasteiger partial charge in [-0.1, -0.05) is 6.07 Å². The number of pyridine rings is 1. The average Bonchev–Trinajstić information content (AvgIpc) is 3.48. The Labute approximate surface area is 207 Å². The van der Waals surface area contributed by atoms with Crippen molar-refractivity contribution in [1.29, 1.82) is 0 Å². The number of halogens is 1. The maximum absolute atomic E-state index is 13.4. The van der Waals surface area contributed by atoms with Crippen LogP contribution in [0.5, 0.6) is 11.5 Å².